The molecule has 0 saturated carbocycles. The van der Waals surface area contributed by atoms with Crippen molar-refractivity contribution in [3.8, 4) is 11.1 Å². The van der Waals surface area contributed by atoms with Gasteiger partial charge in [0.05, 0.1) is 0 Å². The average molecular weight is 658 g/mol. The van der Waals surface area contributed by atoms with Crippen LogP contribution in [0.2, 0.25) is 0 Å². The molecule has 0 radical (unpaired) electrons. The number of hydrogen-bond acceptors (Lipinski definition) is 2. The number of benzene rings is 8. The highest BCUT2D eigenvalue weighted by Gasteiger charge is 2.23. The molecule has 0 fully saturated rings. The summed E-state index contributed by atoms with van der Waals surface area (Å²) in [5, 5.41) is 5.26. The maximum absolute atomic E-state index is 2.37. The molecular weight excluding hydrogens is 623 g/mol. The van der Waals surface area contributed by atoms with Gasteiger partial charge in [-0.3, -0.25) is 0 Å². The number of nitrogens with zero attached hydrogens (tertiary/aromatic N) is 1. The largest absolute Gasteiger partial charge is 0.310 e. The summed E-state index contributed by atoms with van der Waals surface area (Å²) in [5.41, 5.74) is 9.99. The lowest BCUT2D eigenvalue weighted by Gasteiger charge is -2.26. The van der Waals surface area contributed by atoms with Crippen LogP contribution in [0.1, 0.15) is 22.6 Å². The Morgan fingerprint density at radius 2 is 1.02 bits per heavy atom. The highest BCUT2D eigenvalue weighted by molar-refractivity contribution is 7.25. The molecule has 0 unspecified atom stereocenters. The van der Waals surface area contributed by atoms with E-state index in [-0.39, 0.29) is 5.92 Å². The number of rotatable bonds is 8. The molecule has 0 N–H and O–H groups in total. The molecule has 0 saturated heterocycles. The van der Waals surface area contributed by atoms with E-state index in [2.05, 4.69) is 199 Å². The number of thiophene rings is 1. The predicted octanol–water partition coefficient (Wildman–Crippen LogP) is 13.7. The Balaban J connectivity index is 1.20. The van der Waals surface area contributed by atoms with Gasteiger partial charge in [-0.1, -0.05) is 146 Å². The second-order valence-corrected chi connectivity index (χ2v) is 14.0. The van der Waals surface area contributed by atoms with Crippen molar-refractivity contribution in [1.29, 1.82) is 0 Å². The van der Waals surface area contributed by atoms with Crippen LogP contribution in [0.3, 0.4) is 0 Å². The monoisotopic (exact) mass is 657 g/mol. The summed E-state index contributed by atoms with van der Waals surface area (Å²) in [6.07, 6.45) is 0.902. The Labute approximate surface area is 297 Å². The van der Waals surface area contributed by atoms with Crippen LogP contribution in [0.15, 0.2) is 194 Å². The van der Waals surface area contributed by atoms with E-state index in [1.54, 1.807) is 0 Å². The molecule has 1 aromatic heterocycles. The summed E-state index contributed by atoms with van der Waals surface area (Å²) in [5.74, 6) is 0.160. The third kappa shape index (κ3) is 5.64. The van der Waals surface area contributed by atoms with Gasteiger partial charge in [0.25, 0.3) is 0 Å². The van der Waals surface area contributed by atoms with E-state index in [1.165, 1.54) is 58.8 Å². The van der Waals surface area contributed by atoms with E-state index in [0.29, 0.717) is 0 Å². The van der Waals surface area contributed by atoms with Gasteiger partial charge in [0.1, 0.15) is 0 Å². The fraction of sp³-hybridized carbons (Fsp3) is 0.0417. The minimum atomic E-state index is 0.160. The molecule has 0 aliphatic carbocycles. The van der Waals surface area contributed by atoms with Crippen molar-refractivity contribution in [1.82, 2.24) is 0 Å². The highest BCUT2D eigenvalue weighted by Crippen LogP contribution is 2.44. The molecule has 1 heterocycles. The van der Waals surface area contributed by atoms with Gasteiger partial charge in [-0.2, -0.15) is 0 Å². The summed E-state index contributed by atoms with van der Waals surface area (Å²) in [7, 11) is 0. The minimum Gasteiger partial charge on any atom is -0.310 e. The van der Waals surface area contributed by atoms with Crippen LogP contribution >= 0.6 is 11.3 Å². The second kappa shape index (κ2) is 13.2. The average Bonchev–Trinajstić information content (AvgIpc) is 3.58. The van der Waals surface area contributed by atoms with Crippen LogP contribution in [0.5, 0.6) is 0 Å². The van der Waals surface area contributed by atoms with E-state index in [1.807, 2.05) is 11.3 Å². The zero-order valence-electron chi connectivity index (χ0n) is 27.6. The van der Waals surface area contributed by atoms with Crippen molar-refractivity contribution in [2.75, 3.05) is 4.90 Å². The number of anilines is 3. The summed E-state index contributed by atoms with van der Waals surface area (Å²) < 4.78 is 2.68. The van der Waals surface area contributed by atoms with Gasteiger partial charge in [-0.25, -0.2) is 0 Å². The van der Waals surface area contributed by atoms with E-state index in [0.717, 1.165) is 23.5 Å². The summed E-state index contributed by atoms with van der Waals surface area (Å²) in [6.45, 7) is 0. The van der Waals surface area contributed by atoms with Gasteiger partial charge in [0, 0.05) is 43.2 Å². The van der Waals surface area contributed by atoms with Crippen LogP contribution in [0.4, 0.5) is 17.1 Å². The predicted molar refractivity (Wildman–Crippen MR) is 215 cm³/mol. The number of hydrogen-bond donors (Lipinski definition) is 0. The molecule has 1 atom stereocenters. The lowest BCUT2D eigenvalue weighted by molar-refractivity contribution is 0.820. The van der Waals surface area contributed by atoms with Crippen LogP contribution in [0, 0.1) is 0 Å². The number of para-hydroxylation sites is 2. The van der Waals surface area contributed by atoms with Gasteiger partial charge in [-0.05, 0) is 93.5 Å². The molecule has 0 spiro atoms. The molecule has 0 bridgehead atoms. The molecule has 238 valence electrons. The molecular formula is C48H35NS. The first-order chi connectivity index (χ1) is 24.8. The van der Waals surface area contributed by atoms with Crippen LogP contribution in [-0.2, 0) is 6.42 Å². The molecule has 1 nitrogen and oxygen atoms in total. The first-order valence-corrected chi connectivity index (χ1v) is 18.1. The maximum atomic E-state index is 2.37. The molecule has 50 heavy (non-hydrogen) atoms. The van der Waals surface area contributed by atoms with Crippen molar-refractivity contribution >= 4 is 59.3 Å². The molecule has 9 aromatic rings. The van der Waals surface area contributed by atoms with Gasteiger partial charge < -0.3 is 4.90 Å². The van der Waals surface area contributed by atoms with Crippen molar-refractivity contribution < 1.29 is 0 Å². The third-order valence-corrected chi connectivity index (χ3v) is 11.0. The highest BCUT2D eigenvalue weighted by atomic mass is 32.1. The zero-order chi connectivity index (χ0) is 33.3. The standard InChI is InChI=1S/C48H35NS/c1-4-14-35(15-5-1)36-28-26-34(27-29-36)32-45(43-23-13-25-47-48(43)44-21-10-11-24-46(44)50-47)42-22-12-16-37-33-40(30-31-41(37)42)49(38-17-6-2-7-18-38)39-19-8-3-9-20-39/h1-31,33,45H,32H2/t45-/m0/s1. The van der Waals surface area contributed by atoms with Gasteiger partial charge >= 0.3 is 0 Å². The molecule has 0 amide bonds. The first-order valence-electron chi connectivity index (χ1n) is 17.3. The van der Waals surface area contributed by atoms with Gasteiger partial charge in [0.15, 0.2) is 0 Å². The van der Waals surface area contributed by atoms with E-state index in [4.69, 9.17) is 0 Å². The Hall–Kier alpha value is -5.96. The van der Waals surface area contributed by atoms with Crippen LogP contribution in [-0.4, -0.2) is 0 Å². The fourth-order valence-electron chi connectivity index (χ4n) is 7.52. The van der Waals surface area contributed by atoms with E-state index < -0.39 is 0 Å². The maximum Gasteiger partial charge on any atom is 0.0468 e. The van der Waals surface area contributed by atoms with Crippen molar-refractivity contribution in [3.63, 3.8) is 0 Å². The summed E-state index contributed by atoms with van der Waals surface area (Å²) >= 11 is 1.89. The van der Waals surface area contributed by atoms with Crippen molar-refractivity contribution in [2.24, 2.45) is 0 Å². The zero-order valence-corrected chi connectivity index (χ0v) is 28.4. The quantitative estimate of drug-likeness (QED) is 0.157. The second-order valence-electron chi connectivity index (χ2n) is 12.9. The van der Waals surface area contributed by atoms with E-state index in [9.17, 15) is 0 Å². The minimum absolute atomic E-state index is 0.160. The van der Waals surface area contributed by atoms with E-state index >= 15 is 0 Å². The summed E-state index contributed by atoms with van der Waals surface area (Å²) in [4.78, 5) is 2.34. The molecule has 0 aliphatic heterocycles. The molecule has 2 heteroatoms. The molecule has 8 aromatic carbocycles. The van der Waals surface area contributed by atoms with Crippen molar-refractivity contribution in [3.05, 3.63) is 211 Å². The van der Waals surface area contributed by atoms with Crippen molar-refractivity contribution in [2.45, 2.75) is 12.3 Å². The topological polar surface area (TPSA) is 3.24 Å². The molecule has 9 rings (SSSR count). The number of fused-ring (bicyclic) bond motifs is 4. The lowest BCUT2D eigenvalue weighted by Crippen LogP contribution is -2.10. The SMILES string of the molecule is c1ccc(-c2ccc(C[C@@H](c3cccc4cc(N(c5ccccc5)c5ccccc5)ccc34)c3cccc4sc5ccccc5c34)cc2)cc1. The normalized spacial score (nSPS) is 12.0. The first kappa shape index (κ1) is 30.1. The Kier molecular flexibility index (Phi) is 7.93. The Bertz CT molecular complexity index is 2510. The van der Waals surface area contributed by atoms with Gasteiger partial charge in [-0.15, -0.1) is 11.3 Å². The Morgan fingerprint density at radius 1 is 0.420 bits per heavy atom. The third-order valence-electron chi connectivity index (χ3n) is 9.87. The Morgan fingerprint density at radius 3 is 1.76 bits per heavy atom. The summed E-state index contributed by atoms with van der Waals surface area (Å²) in [6, 6.07) is 70.8. The van der Waals surface area contributed by atoms with Gasteiger partial charge in [0.2, 0.25) is 0 Å². The smallest absolute Gasteiger partial charge is 0.0468 e. The lowest BCUT2D eigenvalue weighted by atomic mass is 9.81. The molecule has 0 aliphatic rings. The van der Waals surface area contributed by atoms with Crippen LogP contribution < -0.4 is 4.90 Å². The van der Waals surface area contributed by atoms with Crippen LogP contribution in [0.25, 0.3) is 42.1 Å². The fourth-order valence-corrected chi connectivity index (χ4v) is 8.66.